The maximum absolute atomic E-state index is 13.4. The van der Waals surface area contributed by atoms with Crippen LogP contribution in [0, 0.1) is 5.92 Å². The largest absolute Gasteiger partial charge is 0.509 e. The lowest BCUT2D eigenvalue weighted by Crippen LogP contribution is -2.67. The first kappa shape index (κ1) is 20.8. The Balaban J connectivity index is 2.05. The summed E-state index contributed by atoms with van der Waals surface area (Å²) in [6.07, 6.45) is 3.84. The van der Waals surface area contributed by atoms with Crippen molar-refractivity contribution in [2.24, 2.45) is 5.92 Å². The number of hydrogen-bond acceptors (Lipinski definition) is 3. The van der Waals surface area contributed by atoms with Crippen molar-refractivity contribution in [1.82, 2.24) is 0 Å². The topological polar surface area (TPSA) is 35.5 Å². The predicted molar refractivity (Wildman–Crippen MR) is 116 cm³/mol. The van der Waals surface area contributed by atoms with Gasteiger partial charge in [0.05, 0.1) is 12.0 Å². The van der Waals surface area contributed by atoms with Gasteiger partial charge in [-0.05, 0) is 34.7 Å². The van der Waals surface area contributed by atoms with Gasteiger partial charge in [0.25, 0.3) is 5.97 Å². The van der Waals surface area contributed by atoms with Crippen molar-refractivity contribution in [3.05, 3.63) is 60.7 Å². The highest BCUT2D eigenvalue weighted by atomic mass is 28.4. The first-order chi connectivity index (χ1) is 13.4. The summed E-state index contributed by atoms with van der Waals surface area (Å²) in [6.45, 7) is 6.60. The number of methoxy groups -OCH3 is 1. The van der Waals surface area contributed by atoms with Gasteiger partial charge in [-0.15, -0.1) is 0 Å². The lowest BCUT2D eigenvalue weighted by molar-refractivity contribution is -0.142. The summed E-state index contributed by atoms with van der Waals surface area (Å²) in [4.78, 5) is 13.4. The Morgan fingerprint density at radius 3 is 1.93 bits per heavy atom. The van der Waals surface area contributed by atoms with Crippen LogP contribution in [-0.2, 0) is 14.0 Å². The Bertz CT molecular complexity index is 728. The highest BCUT2D eigenvalue weighted by Gasteiger charge is 2.53. The molecule has 0 N–H and O–H groups in total. The lowest BCUT2D eigenvalue weighted by Gasteiger charge is -2.43. The maximum atomic E-state index is 13.4. The molecule has 0 saturated heterocycles. The molecule has 4 heteroatoms. The molecule has 0 amide bonds. The molecule has 0 aliphatic heterocycles. The van der Waals surface area contributed by atoms with Crippen LogP contribution in [0.1, 0.15) is 46.5 Å². The van der Waals surface area contributed by atoms with Crippen molar-refractivity contribution in [3.8, 4) is 0 Å². The van der Waals surface area contributed by atoms with Gasteiger partial charge in [-0.3, -0.25) is 4.79 Å². The van der Waals surface area contributed by atoms with Gasteiger partial charge >= 0.3 is 8.32 Å². The molecular weight excluding hydrogens is 364 g/mol. The van der Waals surface area contributed by atoms with Crippen LogP contribution >= 0.6 is 0 Å². The smallest absolute Gasteiger partial charge is 0.323 e. The molecule has 1 fully saturated rings. The summed E-state index contributed by atoms with van der Waals surface area (Å²) in [5.41, 5.74) is 0. The zero-order valence-electron chi connectivity index (χ0n) is 17.5. The van der Waals surface area contributed by atoms with Gasteiger partial charge < -0.3 is 9.16 Å². The summed E-state index contributed by atoms with van der Waals surface area (Å²) < 4.78 is 12.2. The molecule has 0 bridgehead atoms. The SMILES string of the molecule is COC1CCCC(C(=O)O[Si](c2ccccc2)(c2ccccc2)C(C)(C)C)C1. The minimum Gasteiger partial charge on any atom is -0.509 e. The summed E-state index contributed by atoms with van der Waals surface area (Å²) in [7, 11) is -1.08. The number of ether oxygens (including phenoxy) is 1. The first-order valence-corrected chi connectivity index (χ1v) is 12.2. The summed E-state index contributed by atoms with van der Waals surface area (Å²) in [5, 5.41) is 2.09. The molecule has 1 aliphatic rings. The second-order valence-corrected chi connectivity index (χ2v) is 13.0. The third-order valence-electron chi connectivity index (χ3n) is 5.96. The fourth-order valence-electron chi connectivity index (χ4n) is 4.46. The number of hydrogen-bond donors (Lipinski definition) is 0. The first-order valence-electron chi connectivity index (χ1n) is 10.2. The molecule has 2 atom stereocenters. The fourth-order valence-corrected chi connectivity index (χ4v) is 8.86. The van der Waals surface area contributed by atoms with Crippen LogP contribution in [0.3, 0.4) is 0 Å². The van der Waals surface area contributed by atoms with Gasteiger partial charge in [0.15, 0.2) is 0 Å². The molecule has 150 valence electrons. The van der Waals surface area contributed by atoms with Crippen LogP contribution in [0.5, 0.6) is 0 Å². The minimum absolute atomic E-state index is 0.0592. The Labute approximate surface area is 170 Å². The average molecular weight is 397 g/mol. The molecule has 0 spiro atoms. The number of carbonyl (C=O) groups excluding carboxylic acids is 1. The molecule has 2 aromatic rings. The monoisotopic (exact) mass is 396 g/mol. The molecule has 2 aromatic carbocycles. The van der Waals surface area contributed by atoms with E-state index in [1.807, 2.05) is 36.4 Å². The van der Waals surface area contributed by atoms with E-state index in [-0.39, 0.29) is 23.0 Å². The highest BCUT2D eigenvalue weighted by molar-refractivity contribution is 7.00. The zero-order valence-corrected chi connectivity index (χ0v) is 18.5. The standard InChI is InChI=1S/C24H32O3Si/c1-24(2,3)28(21-14-7-5-8-15-21,22-16-9-6-10-17-22)27-23(25)19-12-11-13-20(18-19)26-4/h5-10,14-17,19-20H,11-13,18H2,1-4H3. The predicted octanol–water partition coefficient (Wildman–Crippen LogP) is 4.29. The van der Waals surface area contributed by atoms with E-state index in [9.17, 15) is 4.79 Å². The molecule has 2 unspecified atom stereocenters. The van der Waals surface area contributed by atoms with Gasteiger partial charge in [0.1, 0.15) is 0 Å². The third-order valence-corrected chi connectivity index (χ3v) is 10.9. The van der Waals surface area contributed by atoms with Crippen molar-refractivity contribution in [1.29, 1.82) is 0 Å². The van der Waals surface area contributed by atoms with Crippen LogP contribution in [-0.4, -0.2) is 27.5 Å². The van der Waals surface area contributed by atoms with E-state index in [0.29, 0.717) is 0 Å². The Kier molecular flexibility index (Phi) is 6.41. The van der Waals surface area contributed by atoms with Gasteiger partial charge in [0.2, 0.25) is 0 Å². The van der Waals surface area contributed by atoms with Gasteiger partial charge in [-0.2, -0.15) is 0 Å². The van der Waals surface area contributed by atoms with E-state index in [2.05, 4.69) is 45.0 Å². The highest BCUT2D eigenvalue weighted by Crippen LogP contribution is 2.38. The number of rotatable bonds is 5. The van der Waals surface area contributed by atoms with E-state index in [1.165, 1.54) is 0 Å². The Morgan fingerprint density at radius 1 is 0.929 bits per heavy atom. The quantitative estimate of drug-likeness (QED) is 0.707. The fraction of sp³-hybridized carbons (Fsp3) is 0.458. The molecular formula is C24H32O3Si. The van der Waals surface area contributed by atoms with E-state index >= 15 is 0 Å². The molecule has 1 saturated carbocycles. The molecule has 0 heterocycles. The van der Waals surface area contributed by atoms with Crippen molar-refractivity contribution in [2.45, 2.75) is 57.6 Å². The zero-order chi connectivity index (χ0) is 20.2. The van der Waals surface area contributed by atoms with E-state index in [0.717, 1.165) is 36.1 Å². The van der Waals surface area contributed by atoms with Crippen molar-refractivity contribution < 1.29 is 14.0 Å². The number of benzene rings is 2. The van der Waals surface area contributed by atoms with Crippen molar-refractivity contribution >= 4 is 24.7 Å². The van der Waals surface area contributed by atoms with E-state index in [4.69, 9.17) is 9.16 Å². The maximum Gasteiger partial charge on any atom is 0.323 e. The van der Waals surface area contributed by atoms with Crippen LogP contribution in [0.15, 0.2) is 60.7 Å². The third kappa shape index (κ3) is 4.08. The van der Waals surface area contributed by atoms with Crippen LogP contribution in [0.2, 0.25) is 5.04 Å². The average Bonchev–Trinajstić information content (AvgIpc) is 2.72. The van der Waals surface area contributed by atoms with Gasteiger partial charge in [-0.1, -0.05) is 87.9 Å². The van der Waals surface area contributed by atoms with Gasteiger partial charge in [-0.25, -0.2) is 0 Å². The Morgan fingerprint density at radius 2 is 1.46 bits per heavy atom. The molecule has 28 heavy (non-hydrogen) atoms. The van der Waals surface area contributed by atoms with Crippen molar-refractivity contribution in [3.63, 3.8) is 0 Å². The number of carbonyl (C=O) groups is 1. The summed E-state index contributed by atoms with van der Waals surface area (Å²) >= 11 is 0. The van der Waals surface area contributed by atoms with E-state index in [1.54, 1.807) is 7.11 Å². The van der Waals surface area contributed by atoms with Crippen LogP contribution in [0.25, 0.3) is 0 Å². The minimum atomic E-state index is -2.82. The van der Waals surface area contributed by atoms with Crippen molar-refractivity contribution in [2.75, 3.05) is 7.11 Å². The molecule has 3 rings (SSSR count). The lowest BCUT2D eigenvalue weighted by atomic mass is 9.87. The molecule has 0 aromatic heterocycles. The second-order valence-electron chi connectivity index (χ2n) is 8.81. The molecule has 1 aliphatic carbocycles. The van der Waals surface area contributed by atoms with Gasteiger partial charge in [0, 0.05) is 7.11 Å². The molecule has 0 radical (unpaired) electrons. The normalized spacial score (nSPS) is 20.6. The molecule has 3 nitrogen and oxygen atoms in total. The Hall–Kier alpha value is -1.91. The summed E-state index contributed by atoms with van der Waals surface area (Å²) in [6, 6.07) is 20.7. The van der Waals surface area contributed by atoms with Crippen LogP contribution < -0.4 is 10.4 Å². The van der Waals surface area contributed by atoms with E-state index < -0.39 is 8.32 Å². The second kappa shape index (κ2) is 8.62. The summed E-state index contributed by atoms with van der Waals surface area (Å²) in [5.74, 6) is -0.142. The van der Waals surface area contributed by atoms with Crippen LogP contribution in [0.4, 0.5) is 0 Å².